The fourth-order valence-corrected chi connectivity index (χ4v) is 7.42. The molecule has 47 heavy (non-hydrogen) atoms. The summed E-state index contributed by atoms with van der Waals surface area (Å²) in [6.45, 7) is 13.9. The van der Waals surface area contributed by atoms with Crippen LogP contribution in [0.1, 0.15) is 87.6 Å². The summed E-state index contributed by atoms with van der Waals surface area (Å²) in [7, 11) is 1.48. The van der Waals surface area contributed by atoms with Crippen LogP contribution in [0.2, 0.25) is 0 Å². The number of carbonyl (C=O) groups is 1. The predicted molar refractivity (Wildman–Crippen MR) is 178 cm³/mol. The number of nitrogens with zero attached hydrogens (tertiary/aromatic N) is 8. The number of halogens is 1. The summed E-state index contributed by atoms with van der Waals surface area (Å²) in [5.74, 6) is 0.121. The Balaban J connectivity index is 1.16. The van der Waals surface area contributed by atoms with Gasteiger partial charge in [-0.05, 0) is 58.6 Å². The molecule has 1 amide bonds. The lowest BCUT2D eigenvalue weighted by Gasteiger charge is -2.41. The highest BCUT2D eigenvalue weighted by Gasteiger charge is 2.36. The summed E-state index contributed by atoms with van der Waals surface area (Å²) in [6.07, 6.45) is 7.86. The van der Waals surface area contributed by atoms with E-state index in [0.717, 1.165) is 70.5 Å². The number of fused-ring (bicyclic) bond motifs is 3. The number of ether oxygens (including phenoxy) is 1. The average molecular weight is 645 g/mol. The van der Waals surface area contributed by atoms with E-state index in [1.165, 1.54) is 19.2 Å². The summed E-state index contributed by atoms with van der Waals surface area (Å²) >= 11 is 0. The number of rotatable bonds is 9. The van der Waals surface area contributed by atoms with Crippen molar-refractivity contribution in [3.63, 3.8) is 0 Å². The summed E-state index contributed by atoms with van der Waals surface area (Å²) < 4.78 is 23.0. The highest BCUT2D eigenvalue weighted by atomic mass is 19.1. The molecule has 2 N–H and O–H groups in total. The molecule has 2 aromatic heterocycles. The van der Waals surface area contributed by atoms with Crippen molar-refractivity contribution in [1.29, 1.82) is 5.26 Å². The van der Waals surface area contributed by atoms with Gasteiger partial charge in [-0.25, -0.2) is 14.4 Å². The zero-order chi connectivity index (χ0) is 33.2. The molecule has 12 nitrogen and oxygen atoms in total. The second-order valence-electron chi connectivity index (χ2n) is 12.9. The zero-order valence-electron chi connectivity index (χ0n) is 28.0. The number of piperazine rings is 1. The number of hydrogen-bond donors (Lipinski definition) is 2. The zero-order valence-corrected chi connectivity index (χ0v) is 28.0. The maximum Gasteiger partial charge on any atom is 0.254 e. The molecule has 3 aromatic rings. The minimum Gasteiger partial charge on any atom is -0.495 e. The van der Waals surface area contributed by atoms with Gasteiger partial charge in [0.25, 0.3) is 5.91 Å². The lowest BCUT2D eigenvalue weighted by atomic mass is 9.89. The maximum absolute atomic E-state index is 15.5. The molecule has 4 heterocycles. The van der Waals surface area contributed by atoms with Crippen molar-refractivity contribution in [2.24, 2.45) is 0 Å². The normalized spacial score (nSPS) is 21.6. The summed E-state index contributed by atoms with van der Waals surface area (Å²) in [5.41, 5.74) is 2.15. The standard InChI is InChI=1S/C34H45FN10O2/c1-6-28-31-27(18-36)38-20-44(31)29-19-37-34(41-32(29)45(28)21(3)4)40-26-17-25(35)24(16-30(26)47-5)33(46)39-22-8-10-23(11-9-22)43-14-12-42(7-2)13-15-43/h16-17,19-23,28H,6-15H2,1-5H3,(H,39,46)(H,37,40,41). The molecule has 6 rings (SSSR count). The van der Waals surface area contributed by atoms with Crippen LogP contribution in [0.4, 0.5) is 21.8 Å². The van der Waals surface area contributed by atoms with Crippen LogP contribution in [-0.2, 0) is 0 Å². The Labute approximate surface area is 275 Å². The van der Waals surface area contributed by atoms with Crippen LogP contribution in [0, 0.1) is 17.1 Å². The van der Waals surface area contributed by atoms with Gasteiger partial charge in [-0.1, -0.05) is 13.8 Å². The molecule has 1 aliphatic carbocycles. The summed E-state index contributed by atoms with van der Waals surface area (Å²) in [4.78, 5) is 34.2. The van der Waals surface area contributed by atoms with E-state index in [2.05, 4.69) is 69.1 Å². The third-order valence-corrected chi connectivity index (χ3v) is 9.94. The SMILES string of the molecule is CCC1c2c(C#N)ncn2-c2cnc(Nc3cc(F)c(C(=O)NC4CCC(N5CCN(CC)CC5)CC4)cc3OC)nc2N1C(C)C. The van der Waals surface area contributed by atoms with Gasteiger partial charge in [0.05, 0.1) is 36.3 Å². The van der Waals surface area contributed by atoms with Crippen LogP contribution in [-0.4, -0.2) is 93.2 Å². The number of nitrogens with one attached hydrogen (secondary N) is 2. The third-order valence-electron chi connectivity index (χ3n) is 9.94. The first-order chi connectivity index (χ1) is 22.8. The highest BCUT2D eigenvalue weighted by molar-refractivity contribution is 5.96. The quantitative estimate of drug-likeness (QED) is 0.336. The fraction of sp³-hybridized carbons (Fsp3) is 0.559. The van der Waals surface area contributed by atoms with Gasteiger partial charge in [-0.15, -0.1) is 0 Å². The van der Waals surface area contributed by atoms with E-state index in [1.54, 1.807) is 12.5 Å². The van der Waals surface area contributed by atoms with Crippen molar-refractivity contribution in [2.45, 2.75) is 84.0 Å². The van der Waals surface area contributed by atoms with Crippen LogP contribution in [0.3, 0.4) is 0 Å². The summed E-state index contributed by atoms with van der Waals surface area (Å²) in [5, 5.41) is 15.9. The number of aromatic nitrogens is 4. The minimum atomic E-state index is -0.659. The molecule has 1 unspecified atom stereocenters. The van der Waals surface area contributed by atoms with E-state index in [-0.39, 0.29) is 29.6 Å². The van der Waals surface area contributed by atoms with Gasteiger partial charge in [0.15, 0.2) is 11.5 Å². The fourth-order valence-electron chi connectivity index (χ4n) is 7.42. The molecule has 1 saturated carbocycles. The number of benzene rings is 1. The van der Waals surface area contributed by atoms with E-state index in [4.69, 9.17) is 9.72 Å². The van der Waals surface area contributed by atoms with E-state index >= 15 is 4.39 Å². The van der Waals surface area contributed by atoms with Crippen molar-refractivity contribution in [2.75, 3.05) is 50.1 Å². The first kappa shape index (κ1) is 32.7. The molecule has 2 fully saturated rings. The molecule has 2 aliphatic heterocycles. The molecule has 1 aromatic carbocycles. The number of carbonyl (C=O) groups excluding carboxylic acids is 1. The van der Waals surface area contributed by atoms with Gasteiger partial charge in [0.2, 0.25) is 5.95 Å². The Morgan fingerprint density at radius 3 is 2.51 bits per heavy atom. The van der Waals surface area contributed by atoms with Crippen molar-refractivity contribution >= 4 is 23.4 Å². The Hall–Kier alpha value is -4.28. The van der Waals surface area contributed by atoms with Crippen molar-refractivity contribution < 1.29 is 13.9 Å². The topological polar surface area (TPSA) is 127 Å². The number of imidazole rings is 1. The second kappa shape index (κ2) is 13.8. The van der Waals surface area contributed by atoms with Crippen molar-refractivity contribution in [1.82, 2.24) is 34.6 Å². The van der Waals surface area contributed by atoms with E-state index < -0.39 is 11.7 Å². The van der Waals surface area contributed by atoms with E-state index in [9.17, 15) is 10.1 Å². The molecule has 3 aliphatic rings. The Morgan fingerprint density at radius 2 is 1.87 bits per heavy atom. The maximum atomic E-state index is 15.5. The van der Waals surface area contributed by atoms with Gasteiger partial charge >= 0.3 is 0 Å². The largest absolute Gasteiger partial charge is 0.495 e. The third kappa shape index (κ3) is 6.36. The first-order valence-corrected chi connectivity index (χ1v) is 16.8. The Morgan fingerprint density at radius 1 is 1.13 bits per heavy atom. The Bertz CT molecular complexity index is 1640. The van der Waals surface area contributed by atoms with Crippen LogP contribution in [0.25, 0.3) is 5.69 Å². The van der Waals surface area contributed by atoms with Gasteiger partial charge in [-0.3, -0.25) is 14.3 Å². The number of likely N-dealkylation sites (N-methyl/N-ethyl adjacent to an activating group) is 1. The molecule has 0 bridgehead atoms. The number of hydrogen-bond acceptors (Lipinski definition) is 10. The molecular formula is C34H45FN10O2. The number of methoxy groups -OCH3 is 1. The molecule has 250 valence electrons. The van der Waals surface area contributed by atoms with Gasteiger partial charge in [0.1, 0.15) is 29.7 Å². The van der Waals surface area contributed by atoms with Crippen molar-refractivity contribution in [3.8, 4) is 17.5 Å². The Kier molecular flexibility index (Phi) is 9.61. The lowest BCUT2D eigenvalue weighted by Crippen LogP contribution is -2.52. The van der Waals surface area contributed by atoms with Gasteiger partial charge in [-0.2, -0.15) is 10.2 Å². The molecule has 1 saturated heterocycles. The van der Waals surface area contributed by atoms with Crippen LogP contribution < -0.4 is 20.3 Å². The summed E-state index contributed by atoms with van der Waals surface area (Å²) in [6, 6.07) is 5.41. The number of amides is 1. The van der Waals surface area contributed by atoms with Gasteiger partial charge in [0, 0.05) is 50.4 Å². The van der Waals surface area contributed by atoms with E-state index in [1.807, 2.05) is 4.57 Å². The lowest BCUT2D eigenvalue weighted by molar-refractivity contribution is 0.0729. The number of anilines is 3. The molecule has 0 spiro atoms. The predicted octanol–water partition coefficient (Wildman–Crippen LogP) is 4.78. The average Bonchev–Trinajstić information content (AvgIpc) is 3.52. The highest BCUT2D eigenvalue weighted by Crippen LogP contribution is 2.42. The first-order valence-electron chi connectivity index (χ1n) is 16.8. The van der Waals surface area contributed by atoms with Gasteiger partial charge < -0.3 is 25.2 Å². The smallest absolute Gasteiger partial charge is 0.254 e. The second-order valence-corrected chi connectivity index (χ2v) is 12.9. The molecule has 1 atom stereocenters. The minimum absolute atomic E-state index is 0.0128. The number of nitriles is 1. The van der Waals surface area contributed by atoms with Crippen LogP contribution in [0.15, 0.2) is 24.7 Å². The monoisotopic (exact) mass is 644 g/mol. The van der Waals surface area contributed by atoms with Crippen molar-refractivity contribution in [3.05, 3.63) is 47.4 Å². The molecule has 13 heteroatoms. The van der Waals surface area contributed by atoms with Crippen LogP contribution >= 0.6 is 0 Å². The molecular weight excluding hydrogens is 599 g/mol. The van der Waals surface area contributed by atoms with E-state index in [0.29, 0.717) is 34.7 Å². The molecule has 0 radical (unpaired) electrons. The van der Waals surface area contributed by atoms with Crippen LogP contribution in [0.5, 0.6) is 5.75 Å².